The second-order valence-electron chi connectivity index (χ2n) is 6.51. The Labute approximate surface area is 159 Å². The molecule has 27 heavy (non-hydrogen) atoms. The Morgan fingerprint density at radius 1 is 1.33 bits per heavy atom. The molecule has 9 nitrogen and oxygen atoms in total. The van der Waals surface area contributed by atoms with Gasteiger partial charge >= 0.3 is 0 Å². The van der Waals surface area contributed by atoms with Gasteiger partial charge in [0.05, 0.1) is 16.6 Å². The highest BCUT2D eigenvalue weighted by atomic mass is 32.2. The Balaban J connectivity index is 1.81. The van der Waals surface area contributed by atoms with Crippen molar-refractivity contribution in [2.75, 3.05) is 37.2 Å². The van der Waals surface area contributed by atoms with Crippen LogP contribution in [0.25, 0.3) is 0 Å². The van der Waals surface area contributed by atoms with Crippen LogP contribution in [0.5, 0.6) is 0 Å². The predicted octanol–water partition coefficient (Wildman–Crippen LogP) is 1.57. The maximum Gasteiger partial charge on any atom is 0.292 e. The van der Waals surface area contributed by atoms with Crippen LogP contribution in [0.1, 0.15) is 26.2 Å². The number of para-hydroxylation sites is 2. The normalized spacial score (nSPS) is 18.0. The zero-order valence-corrected chi connectivity index (χ0v) is 16.2. The van der Waals surface area contributed by atoms with Crippen molar-refractivity contribution in [3.8, 4) is 0 Å². The second kappa shape index (κ2) is 9.65. The van der Waals surface area contributed by atoms with Crippen molar-refractivity contribution in [1.82, 2.24) is 9.62 Å². The monoisotopic (exact) mass is 398 g/mol. The van der Waals surface area contributed by atoms with Gasteiger partial charge in [0.1, 0.15) is 5.69 Å². The number of benzene rings is 1. The number of rotatable bonds is 9. The van der Waals surface area contributed by atoms with Crippen LogP contribution in [0.2, 0.25) is 0 Å². The number of amides is 1. The van der Waals surface area contributed by atoms with E-state index in [1.165, 1.54) is 10.4 Å². The largest absolute Gasteiger partial charge is 0.378 e. The lowest BCUT2D eigenvalue weighted by molar-refractivity contribution is -0.384. The zero-order chi connectivity index (χ0) is 19.9. The lowest BCUT2D eigenvalue weighted by Gasteiger charge is -2.31. The summed E-state index contributed by atoms with van der Waals surface area (Å²) in [6, 6.07) is 6.31. The van der Waals surface area contributed by atoms with E-state index < -0.39 is 14.9 Å². The van der Waals surface area contributed by atoms with E-state index in [0.29, 0.717) is 44.6 Å². The van der Waals surface area contributed by atoms with Crippen molar-refractivity contribution in [3.63, 3.8) is 0 Å². The van der Waals surface area contributed by atoms with Crippen LogP contribution >= 0.6 is 0 Å². The molecule has 1 saturated heterocycles. The number of nitrogens with one attached hydrogen (secondary N) is 2. The Hall–Kier alpha value is -2.20. The first-order valence-corrected chi connectivity index (χ1v) is 10.7. The predicted molar refractivity (Wildman–Crippen MR) is 103 cm³/mol. The van der Waals surface area contributed by atoms with Gasteiger partial charge in [-0.2, -0.15) is 0 Å². The fraction of sp³-hybridized carbons (Fsp3) is 0.588. The molecule has 2 rings (SSSR count). The smallest absolute Gasteiger partial charge is 0.292 e. The van der Waals surface area contributed by atoms with E-state index in [-0.39, 0.29) is 29.8 Å². The number of sulfonamides is 1. The number of carbonyl (C=O) groups is 1. The van der Waals surface area contributed by atoms with E-state index in [1.54, 1.807) is 18.2 Å². The molecular weight excluding hydrogens is 372 g/mol. The van der Waals surface area contributed by atoms with Gasteiger partial charge in [0.15, 0.2) is 0 Å². The number of nitro groups is 1. The molecule has 1 aliphatic rings. The minimum absolute atomic E-state index is 0.0205. The van der Waals surface area contributed by atoms with E-state index in [1.807, 2.05) is 6.92 Å². The summed E-state index contributed by atoms with van der Waals surface area (Å²) in [4.78, 5) is 22.9. The van der Waals surface area contributed by atoms with Gasteiger partial charge in [-0.3, -0.25) is 14.9 Å². The van der Waals surface area contributed by atoms with Crippen LogP contribution in [0.3, 0.4) is 0 Å². The molecule has 1 fully saturated rings. The molecule has 0 radical (unpaired) electrons. The third kappa shape index (κ3) is 5.90. The molecule has 0 unspecified atom stereocenters. The Morgan fingerprint density at radius 2 is 2.07 bits per heavy atom. The Bertz CT molecular complexity index is 768. The van der Waals surface area contributed by atoms with Crippen molar-refractivity contribution in [2.45, 2.75) is 26.2 Å². The molecule has 0 aromatic heterocycles. The first-order valence-electron chi connectivity index (χ1n) is 9.08. The minimum atomic E-state index is -3.30. The molecule has 0 aliphatic carbocycles. The maximum atomic E-state index is 12.3. The van der Waals surface area contributed by atoms with Gasteiger partial charge in [-0.05, 0) is 25.3 Å². The minimum Gasteiger partial charge on any atom is -0.378 e. The molecule has 1 aromatic carbocycles. The van der Waals surface area contributed by atoms with Crippen molar-refractivity contribution in [1.29, 1.82) is 0 Å². The summed E-state index contributed by atoms with van der Waals surface area (Å²) in [5, 5.41) is 16.7. The van der Waals surface area contributed by atoms with E-state index >= 15 is 0 Å². The van der Waals surface area contributed by atoms with Crippen molar-refractivity contribution >= 4 is 27.3 Å². The van der Waals surface area contributed by atoms with E-state index in [2.05, 4.69) is 10.6 Å². The topological polar surface area (TPSA) is 122 Å². The second-order valence-corrected chi connectivity index (χ2v) is 8.59. The summed E-state index contributed by atoms with van der Waals surface area (Å²) in [7, 11) is -3.30. The summed E-state index contributed by atoms with van der Waals surface area (Å²) >= 11 is 0. The molecule has 1 heterocycles. The lowest BCUT2D eigenvalue weighted by Crippen LogP contribution is -2.46. The fourth-order valence-corrected chi connectivity index (χ4v) is 4.69. The van der Waals surface area contributed by atoms with Crippen molar-refractivity contribution in [2.24, 2.45) is 5.92 Å². The number of hydrogen-bond donors (Lipinski definition) is 2. The zero-order valence-electron chi connectivity index (χ0n) is 15.4. The number of anilines is 1. The van der Waals surface area contributed by atoms with Gasteiger partial charge in [0.25, 0.3) is 5.69 Å². The molecule has 0 spiro atoms. The third-order valence-electron chi connectivity index (χ3n) is 4.45. The number of hydrogen-bond acceptors (Lipinski definition) is 6. The lowest BCUT2D eigenvalue weighted by atomic mass is 9.99. The molecule has 0 bridgehead atoms. The van der Waals surface area contributed by atoms with Gasteiger partial charge < -0.3 is 10.6 Å². The number of carbonyl (C=O) groups excluding carboxylic acids is 1. The summed E-state index contributed by atoms with van der Waals surface area (Å²) in [6.45, 7) is 3.12. The standard InChI is InChI=1S/C17H26N4O5S/c1-2-12-27(25,26)20-11-5-6-14(13-20)17(22)19-10-9-18-15-7-3-4-8-16(15)21(23)24/h3-4,7-8,14,18H,2,5-6,9-13H2,1H3,(H,19,22)/t14-/m1/s1. The molecule has 2 N–H and O–H groups in total. The van der Waals surface area contributed by atoms with Crippen LogP contribution in [0.15, 0.2) is 24.3 Å². The quantitative estimate of drug-likeness (QED) is 0.370. The van der Waals surface area contributed by atoms with Crippen LogP contribution in [-0.2, 0) is 14.8 Å². The molecule has 150 valence electrons. The molecule has 0 saturated carbocycles. The van der Waals surface area contributed by atoms with Crippen LogP contribution in [0, 0.1) is 16.0 Å². The average molecular weight is 398 g/mol. The van der Waals surface area contributed by atoms with Gasteiger partial charge in [-0.1, -0.05) is 19.1 Å². The summed E-state index contributed by atoms with van der Waals surface area (Å²) in [6.07, 6.45) is 1.87. The number of piperidine rings is 1. The molecule has 1 aliphatic heterocycles. The van der Waals surface area contributed by atoms with Gasteiger partial charge in [0, 0.05) is 32.2 Å². The molecular formula is C17H26N4O5S. The highest BCUT2D eigenvalue weighted by molar-refractivity contribution is 7.89. The van der Waals surface area contributed by atoms with Crippen molar-refractivity contribution in [3.05, 3.63) is 34.4 Å². The molecule has 1 aromatic rings. The summed E-state index contributed by atoms with van der Waals surface area (Å²) < 4.78 is 25.8. The molecule has 1 amide bonds. The van der Waals surface area contributed by atoms with Gasteiger partial charge in [0.2, 0.25) is 15.9 Å². The number of nitro benzene ring substituents is 1. The average Bonchev–Trinajstić information content (AvgIpc) is 2.65. The fourth-order valence-electron chi connectivity index (χ4n) is 3.11. The highest BCUT2D eigenvalue weighted by Crippen LogP contribution is 2.23. The van der Waals surface area contributed by atoms with Crippen molar-refractivity contribution < 1.29 is 18.1 Å². The van der Waals surface area contributed by atoms with E-state index in [0.717, 1.165) is 0 Å². The Kier molecular flexibility index (Phi) is 7.55. The third-order valence-corrected chi connectivity index (χ3v) is 6.49. The summed E-state index contributed by atoms with van der Waals surface area (Å²) in [5.74, 6) is -0.451. The summed E-state index contributed by atoms with van der Waals surface area (Å²) in [5.41, 5.74) is 0.374. The van der Waals surface area contributed by atoms with Crippen LogP contribution < -0.4 is 10.6 Å². The van der Waals surface area contributed by atoms with Crippen LogP contribution in [0.4, 0.5) is 11.4 Å². The van der Waals surface area contributed by atoms with E-state index in [4.69, 9.17) is 0 Å². The van der Waals surface area contributed by atoms with Gasteiger partial charge in [-0.15, -0.1) is 0 Å². The molecule has 10 heteroatoms. The SMILES string of the molecule is CCCS(=O)(=O)N1CCC[C@@H](C(=O)NCCNc2ccccc2[N+](=O)[O-])C1. The maximum absolute atomic E-state index is 12.3. The highest BCUT2D eigenvalue weighted by Gasteiger charge is 2.31. The first kappa shape index (κ1) is 21.1. The number of nitrogens with zero attached hydrogens (tertiary/aromatic N) is 2. The molecule has 1 atom stereocenters. The Morgan fingerprint density at radius 3 is 2.78 bits per heavy atom. The van der Waals surface area contributed by atoms with E-state index in [9.17, 15) is 23.3 Å². The first-order chi connectivity index (χ1) is 12.8. The van der Waals surface area contributed by atoms with Gasteiger partial charge in [-0.25, -0.2) is 12.7 Å². The van der Waals surface area contributed by atoms with Crippen LogP contribution in [-0.4, -0.2) is 55.5 Å².